The molecule has 0 aliphatic rings. The van der Waals surface area contributed by atoms with E-state index in [1.54, 1.807) is 48.5 Å². The number of anilines is 1. The zero-order chi connectivity index (χ0) is 28.6. The van der Waals surface area contributed by atoms with Crippen molar-refractivity contribution in [2.45, 2.75) is 0 Å². The Balaban J connectivity index is 1.38. The SMILES string of the molecule is O=C(N/N=C\c1cc(Br)ccc1OC(=O)c1ccc([N+](=O)[O-])cc1)c1ccc(NC(=O)c2ccc(Cl)cc2)cc1. The van der Waals surface area contributed by atoms with Crippen LogP contribution in [0.1, 0.15) is 36.6 Å². The number of nitro groups is 1. The summed E-state index contributed by atoms with van der Waals surface area (Å²) in [5.41, 5.74) is 3.97. The van der Waals surface area contributed by atoms with Gasteiger partial charge in [-0.05, 0) is 78.9 Å². The molecule has 4 aromatic carbocycles. The van der Waals surface area contributed by atoms with Gasteiger partial charge in [-0.3, -0.25) is 19.7 Å². The van der Waals surface area contributed by atoms with E-state index in [1.807, 2.05) is 0 Å². The first kappa shape index (κ1) is 28.1. The van der Waals surface area contributed by atoms with Crippen molar-refractivity contribution in [1.29, 1.82) is 0 Å². The summed E-state index contributed by atoms with van der Waals surface area (Å²) in [4.78, 5) is 47.7. The van der Waals surface area contributed by atoms with Crippen LogP contribution in [0.25, 0.3) is 0 Å². The lowest BCUT2D eigenvalue weighted by Gasteiger charge is -2.08. The minimum Gasteiger partial charge on any atom is -0.422 e. The lowest BCUT2D eigenvalue weighted by atomic mass is 10.1. The number of amides is 2. The Bertz CT molecular complexity index is 1610. The molecule has 0 heterocycles. The van der Waals surface area contributed by atoms with Gasteiger partial charge in [-0.25, -0.2) is 10.2 Å². The lowest BCUT2D eigenvalue weighted by molar-refractivity contribution is -0.384. The third-order valence-electron chi connectivity index (χ3n) is 5.37. The summed E-state index contributed by atoms with van der Waals surface area (Å²) < 4.78 is 6.11. The Morgan fingerprint density at radius 2 is 1.45 bits per heavy atom. The predicted octanol–water partition coefficient (Wildman–Crippen LogP) is 6.25. The second-order valence-electron chi connectivity index (χ2n) is 8.11. The lowest BCUT2D eigenvalue weighted by Crippen LogP contribution is -2.18. The number of carbonyl (C=O) groups is 3. The molecule has 0 fully saturated rings. The fourth-order valence-electron chi connectivity index (χ4n) is 3.33. The van der Waals surface area contributed by atoms with E-state index in [9.17, 15) is 24.5 Å². The highest BCUT2D eigenvalue weighted by Crippen LogP contribution is 2.23. The van der Waals surface area contributed by atoms with Crippen LogP contribution in [-0.2, 0) is 0 Å². The van der Waals surface area contributed by atoms with Crippen molar-refractivity contribution in [2.75, 3.05) is 5.32 Å². The summed E-state index contributed by atoms with van der Waals surface area (Å²) in [6.45, 7) is 0. The number of non-ortho nitro benzene ring substituents is 1. The number of hydrazone groups is 1. The van der Waals surface area contributed by atoms with E-state index in [1.165, 1.54) is 48.7 Å². The number of nitro benzene ring substituents is 1. The van der Waals surface area contributed by atoms with E-state index >= 15 is 0 Å². The van der Waals surface area contributed by atoms with Crippen molar-refractivity contribution in [3.8, 4) is 5.75 Å². The second kappa shape index (κ2) is 12.8. The van der Waals surface area contributed by atoms with Crippen molar-refractivity contribution in [3.63, 3.8) is 0 Å². The second-order valence-corrected chi connectivity index (χ2v) is 9.47. The van der Waals surface area contributed by atoms with Crippen LogP contribution in [0.3, 0.4) is 0 Å². The molecule has 0 spiro atoms. The number of halogens is 2. The first-order chi connectivity index (χ1) is 19.2. The molecule has 0 aromatic heterocycles. The number of nitrogens with one attached hydrogen (secondary N) is 2. The molecule has 4 aromatic rings. The van der Waals surface area contributed by atoms with Crippen molar-refractivity contribution in [2.24, 2.45) is 5.10 Å². The van der Waals surface area contributed by atoms with Gasteiger partial charge in [0.2, 0.25) is 0 Å². The van der Waals surface area contributed by atoms with Crippen LogP contribution in [0.5, 0.6) is 5.75 Å². The Hall–Kier alpha value is -4.87. The van der Waals surface area contributed by atoms with Crippen LogP contribution < -0.4 is 15.5 Å². The normalized spacial score (nSPS) is 10.7. The molecule has 0 radical (unpaired) electrons. The number of nitrogens with zero attached hydrogens (tertiary/aromatic N) is 2. The zero-order valence-corrected chi connectivity index (χ0v) is 22.7. The van der Waals surface area contributed by atoms with E-state index in [-0.39, 0.29) is 22.9 Å². The van der Waals surface area contributed by atoms with Crippen molar-refractivity contribution < 1.29 is 24.0 Å². The van der Waals surface area contributed by atoms with Crippen molar-refractivity contribution in [3.05, 3.63) is 133 Å². The van der Waals surface area contributed by atoms with Crippen LogP contribution in [-0.4, -0.2) is 28.9 Å². The van der Waals surface area contributed by atoms with Gasteiger partial charge in [0, 0.05) is 44.0 Å². The molecule has 0 aliphatic heterocycles. The number of hydrogen-bond acceptors (Lipinski definition) is 7. The summed E-state index contributed by atoms with van der Waals surface area (Å²) in [5, 5.41) is 18.0. The highest BCUT2D eigenvalue weighted by atomic mass is 79.9. The third kappa shape index (κ3) is 7.37. The molecule has 0 bridgehead atoms. The molecular formula is C28H18BrClN4O6. The summed E-state index contributed by atoms with van der Waals surface area (Å²) >= 11 is 9.18. The number of hydrogen-bond donors (Lipinski definition) is 2. The molecule has 0 atom stereocenters. The van der Waals surface area contributed by atoms with Crippen LogP contribution >= 0.6 is 27.5 Å². The average Bonchev–Trinajstić information content (AvgIpc) is 2.95. The number of benzene rings is 4. The fraction of sp³-hybridized carbons (Fsp3) is 0. The van der Waals surface area contributed by atoms with E-state index < -0.39 is 16.8 Å². The molecule has 0 aliphatic carbocycles. The Labute approximate surface area is 240 Å². The monoisotopic (exact) mass is 620 g/mol. The summed E-state index contributed by atoms with van der Waals surface area (Å²) in [6, 6.07) is 22.5. The summed E-state index contributed by atoms with van der Waals surface area (Å²) in [6.07, 6.45) is 1.31. The maximum Gasteiger partial charge on any atom is 0.343 e. The quantitative estimate of drug-likeness (QED) is 0.0784. The molecule has 0 saturated heterocycles. The molecule has 2 N–H and O–H groups in total. The molecule has 12 heteroatoms. The molecule has 200 valence electrons. The Kier molecular flexibility index (Phi) is 9.00. The molecule has 0 saturated carbocycles. The maximum atomic E-state index is 12.5. The van der Waals surface area contributed by atoms with Gasteiger partial charge in [0.25, 0.3) is 17.5 Å². The summed E-state index contributed by atoms with van der Waals surface area (Å²) in [7, 11) is 0. The fourth-order valence-corrected chi connectivity index (χ4v) is 3.83. The number of rotatable bonds is 8. The molecule has 10 nitrogen and oxygen atoms in total. The largest absolute Gasteiger partial charge is 0.422 e. The molecule has 0 unspecified atom stereocenters. The standard InChI is InChI=1S/C28H18BrClN4O6/c29-21-7-14-25(40-28(37)19-5-12-24(13-6-19)34(38)39)20(15-21)16-31-33-27(36)18-3-10-23(11-4-18)32-26(35)17-1-8-22(30)9-2-17/h1-16H,(H,32,35)(H,33,36)/b31-16-. The number of ether oxygens (including phenoxy) is 1. The van der Waals surface area contributed by atoms with Crippen LogP contribution in [0, 0.1) is 10.1 Å². The zero-order valence-electron chi connectivity index (χ0n) is 20.3. The van der Waals surface area contributed by atoms with Gasteiger partial charge in [0.1, 0.15) is 5.75 Å². The van der Waals surface area contributed by atoms with Gasteiger partial charge < -0.3 is 10.1 Å². The Morgan fingerprint density at radius 1 is 0.850 bits per heavy atom. The maximum absolute atomic E-state index is 12.5. The van der Waals surface area contributed by atoms with E-state index in [2.05, 4.69) is 31.8 Å². The van der Waals surface area contributed by atoms with Crippen molar-refractivity contribution >= 4 is 62.9 Å². The highest BCUT2D eigenvalue weighted by molar-refractivity contribution is 9.10. The minimum absolute atomic E-state index is 0.123. The van der Waals surface area contributed by atoms with E-state index in [0.29, 0.717) is 31.9 Å². The predicted molar refractivity (Wildman–Crippen MR) is 153 cm³/mol. The topological polar surface area (TPSA) is 140 Å². The number of esters is 1. The van der Waals surface area contributed by atoms with Gasteiger partial charge in [0.05, 0.1) is 16.7 Å². The van der Waals surface area contributed by atoms with Crippen LogP contribution in [0.2, 0.25) is 5.02 Å². The van der Waals surface area contributed by atoms with Gasteiger partial charge in [-0.15, -0.1) is 0 Å². The van der Waals surface area contributed by atoms with Gasteiger partial charge in [-0.1, -0.05) is 27.5 Å². The van der Waals surface area contributed by atoms with Gasteiger partial charge in [-0.2, -0.15) is 5.10 Å². The molecule has 4 rings (SSSR count). The summed E-state index contributed by atoms with van der Waals surface area (Å²) in [5.74, 6) is -1.40. The number of carbonyl (C=O) groups excluding carboxylic acids is 3. The van der Waals surface area contributed by atoms with Gasteiger partial charge >= 0.3 is 5.97 Å². The first-order valence-electron chi connectivity index (χ1n) is 11.5. The molecular weight excluding hydrogens is 604 g/mol. The van der Waals surface area contributed by atoms with Gasteiger partial charge in [0.15, 0.2) is 0 Å². The van der Waals surface area contributed by atoms with Crippen LogP contribution in [0.4, 0.5) is 11.4 Å². The average molecular weight is 622 g/mol. The highest BCUT2D eigenvalue weighted by Gasteiger charge is 2.14. The Morgan fingerprint density at radius 3 is 2.10 bits per heavy atom. The van der Waals surface area contributed by atoms with Crippen molar-refractivity contribution in [1.82, 2.24) is 5.43 Å². The smallest absolute Gasteiger partial charge is 0.343 e. The minimum atomic E-state index is -0.723. The van der Waals surface area contributed by atoms with E-state index in [0.717, 1.165) is 0 Å². The first-order valence-corrected chi connectivity index (χ1v) is 12.6. The molecule has 40 heavy (non-hydrogen) atoms. The van der Waals surface area contributed by atoms with E-state index in [4.69, 9.17) is 16.3 Å². The van der Waals surface area contributed by atoms with Crippen LogP contribution in [0.15, 0.2) is 101 Å². The third-order valence-corrected chi connectivity index (χ3v) is 6.11. The molecule has 2 amide bonds.